The Morgan fingerprint density at radius 1 is 1.21 bits per heavy atom. The molecule has 5 heteroatoms. The number of likely N-dealkylation sites (tertiary alicyclic amines) is 1. The quantitative estimate of drug-likeness (QED) is 0.888. The highest BCUT2D eigenvalue weighted by Gasteiger charge is 2.19. The van der Waals surface area contributed by atoms with Gasteiger partial charge in [0.05, 0.1) is 6.04 Å². The van der Waals surface area contributed by atoms with E-state index < -0.39 is 0 Å². The van der Waals surface area contributed by atoms with Gasteiger partial charge in [-0.05, 0) is 50.5 Å². The lowest BCUT2D eigenvalue weighted by Gasteiger charge is -2.22. The van der Waals surface area contributed by atoms with Crippen molar-refractivity contribution in [3.05, 3.63) is 53.9 Å². The summed E-state index contributed by atoms with van der Waals surface area (Å²) in [5, 5.41) is 7.83. The molecule has 5 nitrogen and oxygen atoms in total. The average molecular weight is 326 g/mol. The van der Waals surface area contributed by atoms with Crippen molar-refractivity contribution in [3.63, 3.8) is 0 Å². The molecule has 0 aliphatic carbocycles. The molecule has 1 fully saturated rings. The van der Waals surface area contributed by atoms with Gasteiger partial charge in [-0.15, -0.1) is 0 Å². The number of carbonyl (C=O) groups is 1. The van der Waals surface area contributed by atoms with Crippen molar-refractivity contribution >= 4 is 5.91 Å². The van der Waals surface area contributed by atoms with E-state index in [0.29, 0.717) is 6.04 Å². The molecule has 128 valence electrons. The molecule has 2 unspecified atom stereocenters. The molecule has 1 aliphatic rings. The molecule has 1 aromatic heterocycles. The first-order valence-electron chi connectivity index (χ1n) is 8.76. The van der Waals surface area contributed by atoms with Crippen LogP contribution in [0.25, 0.3) is 0 Å². The molecule has 0 radical (unpaired) electrons. The lowest BCUT2D eigenvalue weighted by atomic mass is 10.1. The summed E-state index contributed by atoms with van der Waals surface area (Å²) < 4.78 is 1.97. The Bertz CT molecular complexity index is 645. The maximum atomic E-state index is 12.3. The molecule has 1 saturated heterocycles. The minimum atomic E-state index is 0.160. The third-order valence-corrected chi connectivity index (χ3v) is 4.89. The van der Waals surface area contributed by atoms with Gasteiger partial charge in [0.25, 0.3) is 5.91 Å². The Morgan fingerprint density at radius 2 is 1.92 bits per heavy atom. The van der Waals surface area contributed by atoms with Gasteiger partial charge in [0.15, 0.2) is 0 Å². The molecule has 0 bridgehead atoms. The standard InChI is InChI=1S/C19H26N4O/c1-15(16(2)23-13-5-10-21-23)20-14-17-6-8-18(9-7-17)19(24)22-11-3-4-12-22/h5-10,13,15-16,20H,3-4,11-12,14H2,1-2H3. The van der Waals surface area contributed by atoms with Crippen LogP contribution in [0.15, 0.2) is 42.7 Å². The Morgan fingerprint density at radius 3 is 2.54 bits per heavy atom. The van der Waals surface area contributed by atoms with Gasteiger partial charge in [-0.3, -0.25) is 9.48 Å². The van der Waals surface area contributed by atoms with E-state index in [0.717, 1.165) is 38.0 Å². The summed E-state index contributed by atoms with van der Waals surface area (Å²) in [6.45, 7) is 6.89. The Labute approximate surface area is 143 Å². The number of rotatable bonds is 6. The second kappa shape index (κ2) is 7.62. The van der Waals surface area contributed by atoms with Crippen molar-refractivity contribution in [3.8, 4) is 0 Å². The topological polar surface area (TPSA) is 50.2 Å². The van der Waals surface area contributed by atoms with E-state index in [4.69, 9.17) is 0 Å². The van der Waals surface area contributed by atoms with Crippen LogP contribution >= 0.6 is 0 Å². The Kier molecular flexibility index (Phi) is 5.30. The van der Waals surface area contributed by atoms with Crippen LogP contribution in [-0.4, -0.2) is 39.7 Å². The van der Waals surface area contributed by atoms with Gasteiger partial charge in [0, 0.05) is 43.6 Å². The van der Waals surface area contributed by atoms with Gasteiger partial charge in [-0.2, -0.15) is 5.10 Å². The van der Waals surface area contributed by atoms with Crippen LogP contribution in [0, 0.1) is 0 Å². The summed E-state index contributed by atoms with van der Waals surface area (Å²) in [6.07, 6.45) is 6.04. The fraction of sp³-hybridized carbons (Fsp3) is 0.474. The lowest BCUT2D eigenvalue weighted by molar-refractivity contribution is 0.0793. The number of nitrogens with one attached hydrogen (secondary N) is 1. The molecule has 2 aromatic rings. The van der Waals surface area contributed by atoms with Crippen molar-refractivity contribution in [2.45, 2.75) is 45.3 Å². The smallest absolute Gasteiger partial charge is 0.253 e. The predicted molar refractivity (Wildman–Crippen MR) is 94.8 cm³/mol. The predicted octanol–water partition coefficient (Wildman–Crippen LogP) is 2.86. The lowest BCUT2D eigenvalue weighted by Crippen LogP contribution is -2.33. The highest BCUT2D eigenvalue weighted by atomic mass is 16.2. The maximum absolute atomic E-state index is 12.3. The first-order valence-corrected chi connectivity index (χ1v) is 8.76. The summed E-state index contributed by atoms with van der Waals surface area (Å²) in [6, 6.07) is 10.5. The highest BCUT2D eigenvalue weighted by Crippen LogP contribution is 2.14. The van der Waals surface area contributed by atoms with Crippen molar-refractivity contribution < 1.29 is 4.79 Å². The van der Waals surface area contributed by atoms with Crippen LogP contribution in [0.2, 0.25) is 0 Å². The summed E-state index contributed by atoms with van der Waals surface area (Å²) in [5.74, 6) is 0.160. The number of amides is 1. The minimum Gasteiger partial charge on any atom is -0.339 e. The number of benzene rings is 1. The molecule has 1 aromatic carbocycles. The van der Waals surface area contributed by atoms with Gasteiger partial charge in [0.1, 0.15) is 0 Å². The van der Waals surface area contributed by atoms with Crippen molar-refractivity contribution in [1.29, 1.82) is 0 Å². The van der Waals surface area contributed by atoms with E-state index in [9.17, 15) is 4.79 Å². The van der Waals surface area contributed by atoms with Gasteiger partial charge in [-0.1, -0.05) is 12.1 Å². The van der Waals surface area contributed by atoms with Crippen molar-refractivity contribution in [2.75, 3.05) is 13.1 Å². The van der Waals surface area contributed by atoms with Gasteiger partial charge in [-0.25, -0.2) is 0 Å². The molecule has 0 saturated carbocycles. The number of hydrogen-bond donors (Lipinski definition) is 1. The molecule has 2 atom stereocenters. The van der Waals surface area contributed by atoms with Crippen LogP contribution in [0.1, 0.15) is 48.7 Å². The van der Waals surface area contributed by atoms with Gasteiger partial charge >= 0.3 is 0 Å². The van der Waals surface area contributed by atoms with E-state index in [1.165, 1.54) is 5.56 Å². The molecular weight excluding hydrogens is 300 g/mol. The van der Waals surface area contributed by atoms with Crippen LogP contribution in [0.5, 0.6) is 0 Å². The fourth-order valence-electron chi connectivity index (χ4n) is 3.07. The van der Waals surface area contributed by atoms with E-state index >= 15 is 0 Å². The number of hydrogen-bond acceptors (Lipinski definition) is 3. The zero-order valence-electron chi connectivity index (χ0n) is 14.5. The second-order valence-electron chi connectivity index (χ2n) is 6.59. The second-order valence-corrected chi connectivity index (χ2v) is 6.59. The molecule has 1 N–H and O–H groups in total. The van der Waals surface area contributed by atoms with Crippen molar-refractivity contribution in [1.82, 2.24) is 20.0 Å². The van der Waals surface area contributed by atoms with Crippen LogP contribution in [0.4, 0.5) is 0 Å². The summed E-state index contributed by atoms with van der Waals surface area (Å²) in [7, 11) is 0. The normalized spacial score (nSPS) is 17.0. The first kappa shape index (κ1) is 16.7. The number of nitrogens with zero attached hydrogens (tertiary/aromatic N) is 3. The van der Waals surface area contributed by atoms with E-state index in [1.54, 1.807) is 6.20 Å². The van der Waals surface area contributed by atoms with Crippen LogP contribution in [-0.2, 0) is 6.54 Å². The summed E-state index contributed by atoms with van der Waals surface area (Å²) >= 11 is 0. The maximum Gasteiger partial charge on any atom is 0.253 e. The minimum absolute atomic E-state index is 0.160. The Balaban J connectivity index is 1.53. The van der Waals surface area contributed by atoms with Gasteiger partial charge in [0.2, 0.25) is 0 Å². The summed E-state index contributed by atoms with van der Waals surface area (Å²) in [5.41, 5.74) is 1.98. The monoisotopic (exact) mass is 326 g/mol. The molecule has 1 aliphatic heterocycles. The number of aromatic nitrogens is 2. The number of carbonyl (C=O) groups excluding carboxylic acids is 1. The zero-order chi connectivity index (χ0) is 16.9. The van der Waals surface area contributed by atoms with E-state index in [1.807, 2.05) is 46.1 Å². The van der Waals surface area contributed by atoms with Gasteiger partial charge < -0.3 is 10.2 Å². The zero-order valence-corrected chi connectivity index (χ0v) is 14.5. The highest BCUT2D eigenvalue weighted by molar-refractivity contribution is 5.94. The molecule has 24 heavy (non-hydrogen) atoms. The average Bonchev–Trinajstić information content (AvgIpc) is 3.32. The van der Waals surface area contributed by atoms with E-state index in [2.05, 4.69) is 24.3 Å². The molecule has 2 heterocycles. The third kappa shape index (κ3) is 3.85. The summed E-state index contributed by atoms with van der Waals surface area (Å²) in [4.78, 5) is 14.3. The third-order valence-electron chi connectivity index (χ3n) is 4.89. The largest absolute Gasteiger partial charge is 0.339 e. The van der Waals surface area contributed by atoms with E-state index in [-0.39, 0.29) is 11.9 Å². The first-order chi connectivity index (χ1) is 11.6. The SMILES string of the molecule is CC(NCc1ccc(C(=O)N2CCCC2)cc1)C(C)n1cccn1. The molecule has 0 spiro atoms. The molecule has 3 rings (SSSR count). The Hall–Kier alpha value is -2.14. The fourth-order valence-corrected chi connectivity index (χ4v) is 3.07. The van der Waals surface area contributed by atoms with Crippen molar-refractivity contribution in [2.24, 2.45) is 0 Å². The molecule has 1 amide bonds. The molecular formula is C19H26N4O. The van der Waals surface area contributed by atoms with Crippen LogP contribution in [0.3, 0.4) is 0 Å². The van der Waals surface area contributed by atoms with Crippen LogP contribution < -0.4 is 5.32 Å².